The molecule has 0 aromatic heterocycles. The number of carbonyl (C=O) groups excluding carboxylic acids is 1. The predicted octanol–water partition coefficient (Wildman–Crippen LogP) is 2.72. The molecule has 0 bridgehead atoms. The molecule has 0 unspecified atom stereocenters. The SMILES string of the molecule is Cc1ccc(Br)cc1CCNC(=O)C1(C#N)CC1. The topological polar surface area (TPSA) is 52.9 Å². The number of amides is 1. The number of carbonyl (C=O) groups is 1. The van der Waals surface area contributed by atoms with Gasteiger partial charge in [-0.3, -0.25) is 4.79 Å². The van der Waals surface area contributed by atoms with Gasteiger partial charge in [0, 0.05) is 11.0 Å². The molecule has 0 aliphatic heterocycles. The third-order valence-electron chi connectivity index (χ3n) is 3.39. The standard InChI is InChI=1S/C14H15BrN2O/c1-10-2-3-12(15)8-11(10)4-7-17-13(18)14(9-16)5-6-14/h2-3,8H,4-7H2,1H3,(H,17,18). The lowest BCUT2D eigenvalue weighted by molar-refractivity contribution is -0.124. The van der Waals surface area contributed by atoms with Crippen LogP contribution in [-0.2, 0) is 11.2 Å². The van der Waals surface area contributed by atoms with Crippen molar-refractivity contribution in [3.8, 4) is 6.07 Å². The number of nitrogens with zero attached hydrogens (tertiary/aromatic N) is 1. The van der Waals surface area contributed by atoms with E-state index >= 15 is 0 Å². The summed E-state index contributed by atoms with van der Waals surface area (Å²) in [5.41, 5.74) is 1.71. The molecule has 2 rings (SSSR count). The lowest BCUT2D eigenvalue weighted by Crippen LogP contribution is -2.32. The summed E-state index contributed by atoms with van der Waals surface area (Å²) in [6.07, 6.45) is 2.19. The maximum Gasteiger partial charge on any atom is 0.240 e. The Morgan fingerprint density at radius 2 is 2.28 bits per heavy atom. The minimum absolute atomic E-state index is 0.113. The van der Waals surface area contributed by atoms with E-state index < -0.39 is 5.41 Å². The summed E-state index contributed by atoms with van der Waals surface area (Å²) in [5.74, 6) is -0.113. The molecule has 4 heteroatoms. The molecule has 0 atom stereocenters. The molecule has 1 saturated carbocycles. The fraction of sp³-hybridized carbons (Fsp3) is 0.429. The van der Waals surface area contributed by atoms with Gasteiger partial charge in [0.25, 0.3) is 0 Å². The van der Waals surface area contributed by atoms with Crippen LogP contribution in [0.3, 0.4) is 0 Å². The lowest BCUT2D eigenvalue weighted by Gasteiger charge is -2.10. The molecule has 3 nitrogen and oxygen atoms in total. The fourth-order valence-electron chi connectivity index (χ4n) is 1.90. The molecule has 1 aliphatic carbocycles. The molecule has 1 amide bonds. The molecule has 0 radical (unpaired) electrons. The Bertz CT molecular complexity index is 515. The van der Waals surface area contributed by atoms with Crippen LogP contribution < -0.4 is 5.32 Å². The van der Waals surface area contributed by atoms with Crippen molar-refractivity contribution in [2.24, 2.45) is 5.41 Å². The van der Waals surface area contributed by atoms with E-state index in [0.717, 1.165) is 10.9 Å². The summed E-state index contributed by atoms with van der Waals surface area (Å²) >= 11 is 3.44. The number of halogens is 1. The zero-order valence-electron chi connectivity index (χ0n) is 10.3. The molecule has 0 saturated heterocycles. The van der Waals surface area contributed by atoms with Crippen LogP contribution in [0, 0.1) is 23.7 Å². The van der Waals surface area contributed by atoms with E-state index in [1.165, 1.54) is 11.1 Å². The lowest BCUT2D eigenvalue weighted by atomic mass is 10.1. The van der Waals surface area contributed by atoms with Crippen LogP contribution in [0.1, 0.15) is 24.0 Å². The average molecular weight is 307 g/mol. The van der Waals surface area contributed by atoms with Gasteiger partial charge in [-0.2, -0.15) is 5.26 Å². The molecular weight excluding hydrogens is 292 g/mol. The predicted molar refractivity (Wildman–Crippen MR) is 72.9 cm³/mol. The molecule has 1 fully saturated rings. The summed E-state index contributed by atoms with van der Waals surface area (Å²) in [5, 5.41) is 11.8. The van der Waals surface area contributed by atoms with E-state index in [1.54, 1.807) is 0 Å². The van der Waals surface area contributed by atoms with Crippen molar-refractivity contribution in [3.05, 3.63) is 33.8 Å². The van der Waals surface area contributed by atoms with E-state index in [-0.39, 0.29) is 5.91 Å². The summed E-state index contributed by atoms with van der Waals surface area (Å²) in [4.78, 5) is 11.8. The Labute approximate surface area is 115 Å². The normalized spacial score (nSPS) is 15.8. The van der Waals surface area contributed by atoms with Crippen molar-refractivity contribution in [3.63, 3.8) is 0 Å². The first-order valence-electron chi connectivity index (χ1n) is 6.02. The smallest absolute Gasteiger partial charge is 0.240 e. The Hall–Kier alpha value is -1.34. The van der Waals surface area contributed by atoms with Crippen LogP contribution in [0.15, 0.2) is 22.7 Å². The number of aryl methyl sites for hydroxylation is 1. The number of hydrogen-bond acceptors (Lipinski definition) is 2. The van der Waals surface area contributed by atoms with E-state index in [0.29, 0.717) is 19.4 Å². The third-order valence-corrected chi connectivity index (χ3v) is 3.88. The van der Waals surface area contributed by atoms with Crippen molar-refractivity contribution in [2.45, 2.75) is 26.2 Å². The highest BCUT2D eigenvalue weighted by Gasteiger charge is 2.50. The number of hydrogen-bond donors (Lipinski definition) is 1. The summed E-state index contributed by atoms with van der Waals surface area (Å²) in [6.45, 7) is 2.64. The van der Waals surface area contributed by atoms with E-state index in [1.807, 2.05) is 6.07 Å². The van der Waals surface area contributed by atoms with Gasteiger partial charge in [-0.05, 0) is 49.4 Å². The Morgan fingerprint density at radius 1 is 1.56 bits per heavy atom. The third kappa shape index (κ3) is 2.73. The minimum Gasteiger partial charge on any atom is -0.354 e. The van der Waals surface area contributed by atoms with Crippen molar-refractivity contribution < 1.29 is 4.79 Å². The molecule has 94 valence electrons. The maximum atomic E-state index is 11.8. The van der Waals surface area contributed by atoms with Gasteiger partial charge in [-0.25, -0.2) is 0 Å². The zero-order valence-corrected chi connectivity index (χ0v) is 11.9. The van der Waals surface area contributed by atoms with Crippen molar-refractivity contribution in [1.82, 2.24) is 5.32 Å². The van der Waals surface area contributed by atoms with Crippen LogP contribution in [0.4, 0.5) is 0 Å². The largest absolute Gasteiger partial charge is 0.354 e. The number of benzene rings is 1. The van der Waals surface area contributed by atoms with Crippen LogP contribution >= 0.6 is 15.9 Å². The number of rotatable bonds is 4. The van der Waals surface area contributed by atoms with Crippen LogP contribution in [0.2, 0.25) is 0 Å². The van der Waals surface area contributed by atoms with Gasteiger partial charge in [0.1, 0.15) is 5.41 Å². The Balaban J connectivity index is 1.88. The van der Waals surface area contributed by atoms with Gasteiger partial charge >= 0.3 is 0 Å². The first-order chi connectivity index (χ1) is 8.57. The Kier molecular flexibility index (Phi) is 3.72. The highest BCUT2D eigenvalue weighted by Crippen LogP contribution is 2.44. The maximum absolute atomic E-state index is 11.8. The second kappa shape index (κ2) is 5.11. The van der Waals surface area contributed by atoms with Gasteiger partial charge in [0.2, 0.25) is 5.91 Å². The summed E-state index contributed by atoms with van der Waals surface area (Å²) < 4.78 is 1.05. The van der Waals surface area contributed by atoms with Crippen molar-refractivity contribution in [2.75, 3.05) is 6.54 Å². The van der Waals surface area contributed by atoms with E-state index in [9.17, 15) is 4.79 Å². The minimum atomic E-state index is -0.716. The van der Waals surface area contributed by atoms with Crippen LogP contribution in [-0.4, -0.2) is 12.5 Å². The monoisotopic (exact) mass is 306 g/mol. The second-order valence-electron chi connectivity index (χ2n) is 4.77. The first-order valence-corrected chi connectivity index (χ1v) is 6.81. The van der Waals surface area contributed by atoms with Gasteiger partial charge in [-0.1, -0.05) is 22.0 Å². The first kappa shape index (κ1) is 13.1. The zero-order chi connectivity index (χ0) is 13.2. The number of nitriles is 1. The molecule has 0 spiro atoms. The molecule has 1 aliphatic rings. The van der Waals surface area contributed by atoms with Gasteiger partial charge in [0.15, 0.2) is 0 Å². The summed E-state index contributed by atoms with van der Waals surface area (Å²) in [7, 11) is 0. The van der Waals surface area contributed by atoms with Crippen molar-refractivity contribution in [1.29, 1.82) is 5.26 Å². The average Bonchev–Trinajstić information content (AvgIpc) is 3.14. The Morgan fingerprint density at radius 3 is 2.89 bits per heavy atom. The van der Waals surface area contributed by atoms with Gasteiger partial charge in [-0.15, -0.1) is 0 Å². The quantitative estimate of drug-likeness (QED) is 0.930. The fourth-order valence-corrected chi connectivity index (χ4v) is 2.31. The highest BCUT2D eigenvalue weighted by molar-refractivity contribution is 9.10. The van der Waals surface area contributed by atoms with E-state index in [4.69, 9.17) is 5.26 Å². The molecule has 18 heavy (non-hydrogen) atoms. The van der Waals surface area contributed by atoms with Crippen LogP contribution in [0.25, 0.3) is 0 Å². The number of nitrogens with one attached hydrogen (secondary N) is 1. The molecule has 0 heterocycles. The second-order valence-corrected chi connectivity index (χ2v) is 5.69. The molecular formula is C14H15BrN2O. The summed E-state index contributed by atoms with van der Waals surface area (Å²) in [6, 6.07) is 8.23. The van der Waals surface area contributed by atoms with Crippen molar-refractivity contribution >= 4 is 21.8 Å². The van der Waals surface area contributed by atoms with E-state index in [2.05, 4.69) is 46.4 Å². The molecule has 1 aromatic rings. The molecule has 1 N–H and O–H groups in total. The van der Waals surface area contributed by atoms with Gasteiger partial charge in [0.05, 0.1) is 6.07 Å². The van der Waals surface area contributed by atoms with Gasteiger partial charge < -0.3 is 5.32 Å². The highest BCUT2D eigenvalue weighted by atomic mass is 79.9. The van der Waals surface area contributed by atoms with Crippen LogP contribution in [0.5, 0.6) is 0 Å². The molecule has 1 aromatic carbocycles.